The lowest BCUT2D eigenvalue weighted by Gasteiger charge is -2.16. The van der Waals surface area contributed by atoms with Crippen LogP contribution in [0.3, 0.4) is 0 Å². The van der Waals surface area contributed by atoms with Gasteiger partial charge in [-0.25, -0.2) is 0 Å². The van der Waals surface area contributed by atoms with Gasteiger partial charge in [-0.15, -0.1) is 0 Å². The van der Waals surface area contributed by atoms with Crippen LogP contribution in [0, 0.1) is 17.0 Å². The summed E-state index contributed by atoms with van der Waals surface area (Å²) in [5, 5.41) is 22.8. The predicted molar refractivity (Wildman–Crippen MR) is 139 cm³/mol. The van der Waals surface area contributed by atoms with Crippen molar-refractivity contribution in [1.29, 1.82) is 0 Å². The second-order valence-electron chi connectivity index (χ2n) is 8.21. The largest absolute Gasteiger partial charge is 0.502 e. The summed E-state index contributed by atoms with van der Waals surface area (Å²) >= 11 is 0. The molecular formula is C27H26N4O6. The number of nitrogens with one attached hydrogen (secondary N) is 1. The Balaban J connectivity index is 0.000000248. The van der Waals surface area contributed by atoms with Crippen molar-refractivity contribution < 1.29 is 24.0 Å². The number of furan rings is 1. The number of carbonyl (C=O) groups is 2. The molecule has 0 aliphatic heterocycles. The Kier molecular flexibility index (Phi) is 8.26. The normalized spacial score (nSPS) is 11.1. The molecule has 1 aromatic heterocycles. The molecule has 4 aromatic rings. The third-order valence-electron chi connectivity index (χ3n) is 5.50. The molecule has 2 amide bonds. The Labute approximate surface area is 212 Å². The molecule has 6 N–H and O–H groups in total. The molecule has 0 fully saturated rings. The highest BCUT2D eigenvalue weighted by Crippen LogP contribution is 2.28. The Bertz CT molecular complexity index is 1410. The average Bonchev–Trinajstić information content (AvgIpc) is 3.36. The quantitative estimate of drug-likeness (QED) is 0.205. The van der Waals surface area contributed by atoms with Gasteiger partial charge in [-0.05, 0) is 55.3 Å². The van der Waals surface area contributed by atoms with Crippen LogP contribution in [0.5, 0.6) is 5.75 Å². The number of benzene rings is 3. The van der Waals surface area contributed by atoms with Gasteiger partial charge in [0.15, 0.2) is 11.5 Å². The number of aromatic hydroxyl groups is 1. The highest BCUT2D eigenvalue weighted by molar-refractivity contribution is 5.97. The lowest BCUT2D eigenvalue weighted by atomic mass is 10.0. The number of hydrogen-bond donors (Lipinski definition) is 4. The van der Waals surface area contributed by atoms with Gasteiger partial charge in [0.05, 0.1) is 11.2 Å². The molecule has 1 unspecified atom stereocenters. The SMILES string of the molecule is Cc1ccc(C(C)Nc2ccc(-c3ccoc3C(N)=O)cc2)cc1.NC(=O)c1ccc(O)c([N+](=O)[O-])c1. The average molecular weight is 503 g/mol. The summed E-state index contributed by atoms with van der Waals surface area (Å²) in [5.41, 5.74) is 14.8. The van der Waals surface area contributed by atoms with Crippen molar-refractivity contribution in [2.75, 3.05) is 5.32 Å². The molecule has 0 aliphatic carbocycles. The van der Waals surface area contributed by atoms with Crippen LogP contribution in [0.1, 0.15) is 45.0 Å². The van der Waals surface area contributed by atoms with E-state index in [0.29, 0.717) is 5.56 Å². The van der Waals surface area contributed by atoms with Crippen LogP contribution in [-0.4, -0.2) is 21.8 Å². The van der Waals surface area contributed by atoms with Crippen LogP contribution < -0.4 is 16.8 Å². The van der Waals surface area contributed by atoms with E-state index in [1.54, 1.807) is 6.07 Å². The number of nitrogens with zero attached hydrogens (tertiary/aromatic N) is 1. The highest BCUT2D eigenvalue weighted by Gasteiger charge is 2.15. The third-order valence-corrected chi connectivity index (χ3v) is 5.50. The van der Waals surface area contributed by atoms with Gasteiger partial charge in [0, 0.05) is 28.9 Å². The maximum Gasteiger partial charge on any atom is 0.311 e. The zero-order chi connectivity index (χ0) is 27.1. The fourth-order valence-electron chi connectivity index (χ4n) is 3.48. The van der Waals surface area contributed by atoms with Gasteiger partial charge in [0.2, 0.25) is 5.91 Å². The van der Waals surface area contributed by atoms with Gasteiger partial charge in [0.1, 0.15) is 0 Å². The molecule has 0 saturated heterocycles. The number of phenolic OH excluding ortho intramolecular Hbond substituents is 1. The second kappa shape index (κ2) is 11.5. The number of nitro groups is 1. The van der Waals surface area contributed by atoms with E-state index in [2.05, 4.69) is 43.4 Å². The minimum absolute atomic E-state index is 0.00972. The number of carbonyl (C=O) groups excluding carboxylic acids is 2. The molecule has 0 radical (unpaired) electrons. The standard InChI is InChI=1S/C20H20N2O2.C7H6N2O4/c1-13-3-5-15(6-4-13)14(2)22-17-9-7-16(8-10-17)18-11-12-24-19(18)20(21)23;8-7(11)4-1-2-6(10)5(3-4)9(12)13/h3-12,14,22H,1-2H3,(H2,21,23);1-3,10H,(H2,8,11). The number of nitro benzene ring substituents is 1. The number of phenols is 1. The van der Waals surface area contributed by atoms with E-state index >= 15 is 0 Å². The molecule has 1 atom stereocenters. The van der Waals surface area contributed by atoms with Gasteiger partial charge in [-0.3, -0.25) is 19.7 Å². The van der Waals surface area contributed by atoms with Crippen LogP contribution >= 0.6 is 0 Å². The third kappa shape index (κ3) is 6.73. The lowest BCUT2D eigenvalue weighted by Crippen LogP contribution is -2.10. The maximum atomic E-state index is 11.4. The minimum atomic E-state index is -0.790. The van der Waals surface area contributed by atoms with Crippen LogP contribution in [0.25, 0.3) is 11.1 Å². The number of rotatable bonds is 7. The van der Waals surface area contributed by atoms with E-state index in [-0.39, 0.29) is 17.4 Å². The van der Waals surface area contributed by atoms with Crippen LogP contribution in [0.2, 0.25) is 0 Å². The highest BCUT2D eigenvalue weighted by atomic mass is 16.6. The van der Waals surface area contributed by atoms with E-state index in [9.17, 15) is 19.7 Å². The summed E-state index contributed by atoms with van der Waals surface area (Å²) < 4.78 is 5.15. The predicted octanol–water partition coefficient (Wildman–Crippen LogP) is 4.93. The molecule has 0 spiro atoms. The van der Waals surface area contributed by atoms with Crippen molar-refractivity contribution in [3.63, 3.8) is 0 Å². The fourth-order valence-corrected chi connectivity index (χ4v) is 3.48. The first-order valence-corrected chi connectivity index (χ1v) is 11.1. The maximum absolute atomic E-state index is 11.4. The summed E-state index contributed by atoms with van der Waals surface area (Å²) in [5.74, 6) is -1.65. The number of amides is 2. The molecule has 0 bridgehead atoms. The zero-order valence-electron chi connectivity index (χ0n) is 20.2. The van der Waals surface area contributed by atoms with Gasteiger partial charge < -0.3 is 26.3 Å². The smallest absolute Gasteiger partial charge is 0.311 e. The molecule has 37 heavy (non-hydrogen) atoms. The summed E-state index contributed by atoms with van der Waals surface area (Å²) in [7, 11) is 0. The first-order chi connectivity index (χ1) is 17.6. The minimum Gasteiger partial charge on any atom is -0.502 e. The van der Waals surface area contributed by atoms with E-state index in [1.165, 1.54) is 23.5 Å². The molecule has 1 heterocycles. The zero-order valence-corrected chi connectivity index (χ0v) is 20.2. The lowest BCUT2D eigenvalue weighted by molar-refractivity contribution is -0.385. The fraction of sp³-hybridized carbons (Fsp3) is 0.111. The summed E-state index contributed by atoms with van der Waals surface area (Å²) in [6, 6.07) is 21.5. The number of aryl methyl sites for hydroxylation is 1. The Morgan fingerprint density at radius 1 is 0.973 bits per heavy atom. The van der Waals surface area contributed by atoms with Crippen LogP contribution in [-0.2, 0) is 0 Å². The molecule has 0 saturated carbocycles. The summed E-state index contributed by atoms with van der Waals surface area (Å²) in [6.07, 6.45) is 1.47. The van der Waals surface area contributed by atoms with Gasteiger partial charge in [0.25, 0.3) is 5.91 Å². The second-order valence-corrected chi connectivity index (χ2v) is 8.21. The number of anilines is 1. The number of nitrogens with two attached hydrogens (primary N) is 2. The molecular weight excluding hydrogens is 476 g/mol. The van der Waals surface area contributed by atoms with Crippen molar-refractivity contribution in [3.05, 3.63) is 112 Å². The Hall–Kier alpha value is -5.12. The molecule has 3 aromatic carbocycles. The summed E-state index contributed by atoms with van der Waals surface area (Å²) in [4.78, 5) is 31.5. The summed E-state index contributed by atoms with van der Waals surface area (Å²) in [6.45, 7) is 4.21. The molecule has 10 nitrogen and oxygen atoms in total. The van der Waals surface area contributed by atoms with Crippen molar-refractivity contribution in [3.8, 4) is 16.9 Å². The van der Waals surface area contributed by atoms with Gasteiger partial charge in [-0.2, -0.15) is 0 Å². The first kappa shape index (κ1) is 26.5. The van der Waals surface area contributed by atoms with E-state index in [1.807, 2.05) is 24.3 Å². The first-order valence-electron chi connectivity index (χ1n) is 11.1. The van der Waals surface area contributed by atoms with Crippen molar-refractivity contribution in [1.82, 2.24) is 0 Å². The van der Waals surface area contributed by atoms with Crippen molar-refractivity contribution >= 4 is 23.2 Å². The molecule has 4 rings (SSSR count). The van der Waals surface area contributed by atoms with Crippen molar-refractivity contribution in [2.45, 2.75) is 19.9 Å². The Morgan fingerprint density at radius 3 is 2.19 bits per heavy atom. The Morgan fingerprint density at radius 2 is 1.62 bits per heavy atom. The topological polar surface area (TPSA) is 175 Å². The van der Waals surface area contributed by atoms with E-state index < -0.39 is 28.2 Å². The van der Waals surface area contributed by atoms with Gasteiger partial charge in [-0.1, -0.05) is 42.0 Å². The van der Waals surface area contributed by atoms with Crippen LogP contribution in [0.4, 0.5) is 11.4 Å². The van der Waals surface area contributed by atoms with E-state index in [4.69, 9.17) is 21.0 Å². The molecule has 10 heteroatoms. The number of primary amides is 2. The van der Waals surface area contributed by atoms with Gasteiger partial charge >= 0.3 is 5.69 Å². The van der Waals surface area contributed by atoms with Crippen molar-refractivity contribution in [2.24, 2.45) is 11.5 Å². The molecule has 190 valence electrons. The molecule has 0 aliphatic rings. The van der Waals surface area contributed by atoms with Crippen LogP contribution in [0.15, 0.2) is 83.5 Å². The monoisotopic (exact) mass is 502 g/mol. The van der Waals surface area contributed by atoms with E-state index in [0.717, 1.165) is 23.4 Å². The number of hydrogen-bond acceptors (Lipinski definition) is 7.